The molecule has 0 aromatic carbocycles. The number of hydrogen-bond acceptors (Lipinski definition) is 1. The molecular weight excluding hydrogens is 186 g/mol. The summed E-state index contributed by atoms with van der Waals surface area (Å²) in [6, 6.07) is 0. The molecule has 0 saturated heterocycles. The first-order valence-corrected chi connectivity index (χ1v) is 4.80. The molecular formula is C10H18ClNO. The van der Waals surface area contributed by atoms with Gasteiger partial charge in [0, 0.05) is 12.1 Å². The Bertz CT molecular complexity index is 194. The summed E-state index contributed by atoms with van der Waals surface area (Å²) in [4.78, 5) is 13.3. The molecule has 1 amide bonds. The summed E-state index contributed by atoms with van der Waals surface area (Å²) in [6.45, 7) is 11.8. The van der Waals surface area contributed by atoms with Crippen molar-refractivity contribution in [2.75, 3.05) is 6.54 Å². The van der Waals surface area contributed by atoms with Crippen LogP contribution in [-0.2, 0) is 4.79 Å². The number of alkyl halides is 1. The third kappa shape index (κ3) is 3.81. The lowest BCUT2D eigenvalue weighted by molar-refractivity contribution is -0.134. The molecule has 0 aliphatic carbocycles. The maximum atomic E-state index is 11.6. The second-order valence-electron chi connectivity index (χ2n) is 4.02. The van der Waals surface area contributed by atoms with E-state index in [0.717, 1.165) is 0 Å². The van der Waals surface area contributed by atoms with Gasteiger partial charge in [-0.05, 0) is 27.7 Å². The second kappa shape index (κ2) is 4.66. The molecule has 0 heterocycles. The highest BCUT2D eigenvalue weighted by atomic mass is 35.5. The molecule has 1 atom stereocenters. The van der Waals surface area contributed by atoms with Crippen LogP contribution in [0.3, 0.4) is 0 Å². The Morgan fingerprint density at radius 3 is 2.31 bits per heavy atom. The number of hydrogen-bond donors (Lipinski definition) is 0. The minimum atomic E-state index is -0.473. The first-order chi connectivity index (χ1) is 5.80. The number of carbonyl (C=O) groups excluding carboxylic acids is 1. The molecule has 76 valence electrons. The van der Waals surface area contributed by atoms with E-state index in [1.165, 1.54) is 0 Å². The number of halogens is 1. The molecule has 0 spiro atoms. The molecule has 13 heavy (non-hydrogen) atoms. The van der Waals surface area contributed by atoms with Crippen molar-refractivity contribution in [3.05, 3.63) is 12.7 Å². The fraction of sp³-hybridized carbons (Fsp3) is 0.700. The van der Waals surface area contributed by atoms with E-state index in [0.29, 0.717) is 6.54 Å². The molecule has 2 nitrogen and oxygen atoms in total. The summed E-state index contributed by atoms with van der Waals surface area (Å²) in [5, 5.41) is -0.473. The zero-order valence-electron chi connectivity index (χ0n) is 8.80. The predicted molar refractivity (Wildman–Crippen MR) is 57.0 cm³/mol. The van der Waals surface area contributed by atoms with Crippen LogP contribution in [0.2, 0.25) is 0 Å². The molecule has 0 radical (unpaired) electrons. The van der Waals surface area contributed by atoms with Crippen molar-refractivity contribution in [2.24, 2.45) is 0 Å². The zero-order valence-corrected chi connectivity index (χ0v) is 9.56. The maximum absolute atomic E-state index is 11.6. The van der Waals surface area contributed by atoms with Crippen LogP contribution in [0.1, 0.15) is 27.7 Å². The quantitative estimate of drug-likeness (QED) is 0.510. The topological polar surface area (TPSA) is 20.3 Å². The van der Waals surface area contributed by atoms with E-state index in [1.807, 2.05) is 20.8 Å². The van der Waals surface area contributed by atoms with Gasteiger partial charge in [0.15, 0.2) is 0 Å². The van der Waals surface area contributed by atoms with Crippen molar-refractivity contribution in [3.63, 3.8) is 0 Å². The van der Waals surface area contributed by atoms with E-state index < -0.39 is 5.38 Å². The van der Waals surface area contributed by atoms with Crippen molar-refractivity contribution < 1.29 is 4.79 Å². The van der Waals surface area contributed by atoms with E-state index in [1.54, 1.807) is 17.9 Å². The first-order valence-electron chi connectivity index (χ1n) is 4.37. The average molecular weight is 204 g/mol. The Balaban J connectivity index is 4.61. The molecule has 0 saturated carbocycles. The zero-order chi connectivity index (χ0) is 10.6. The molecule has 0 aliphatic rings. The van der Waals surface area contributed by atoms with E-state index in [2.05, 4.69) is 6.58 Å². The van der Waals surface area contributed by atoms with Crippen LogP contribution in [0.25, 0.3) is 0 Å². The van der Waals surface area contributed by atoms with Crippen LogP contribution < -0.4 is 0 Å². The highest BCUT2D eigenvalue weighted by molar-refractivity contribution is 6.30. The van der Waals surface area contributed by atoms with Crippen molar-refractivity contribution in [2.45, 2.75) is 38.6 Å². The third-order valence-electron chi connectivity index (χ3n) is 1.73. The molecule has 0 rings (SSSR count). The van der Waals surface area contributed by atoms with Crippen LogP contribution in [-0.4, -0.2) is 28.3 Å². The van der Waals surface area contributed by atoms with Gasteiger partial charge in [-0.25, -0.2) is 0 Å². The van der Waals surface area contributed by atoms with Gasteiger partial charge in [0.05, 0.1) is 0 Å². The predicted octanol–water partition coefficient (Wildman–Crippen LogP) is 2.43. The smallest absolute Gasteiger partial charge is 0.241 e. The number of amides is 1. The molecule has 0 bridgehead atoms. The van der Waals surface area contributed by atoms with Crippen LogP contribution in [0.4, 0.5) is 0 Å². The molecule has 3 heteroatoms. The molecule has 0 aliphatic heterocycles. The lowest BCUT2D eigenvalue weighted by Gasteiger charge is -2.35. The van der Waals surface area contributed by atoms with Crippen molar-refractivity contribution in [3.8, 4) is 0 Å². The Morgan fingerprint density at radius 2 is 2.08 bits per heavy atom. The Kier molecular flexibility index (Phi) is 4.48. The molecule has 0 aromatic heterocycles. The Morgan fingerprint density at radius 1 is 1.62 bits per heavy atom. The highest BCUT2D eigenvalue weighted by Gasteiger charge is 2.27. The van der Waals surface area contributed by atoms with Gasteiger partial charge in [0.2, 0.25) is 5.91 Å². The van der Waals surface area contributed by atoms with Gasteiger partial charge < -0.3 is 4.90 Å². The van der Waals surface area contributed by atoms with Gasteiger partial charge in [-0.3, -0.25) is 4.79 Å². The minimum absolute atomic E-state index is 0.0472. The lowest BCUT2D eigenvalue weighted by Crippen LogP contribution is -2.48. The summed E-state index contributed by atoms with van der Waals surface area (Å²) in [5.41, 5.74) is -0.200. The summed E-state index contributed by atoms with van der Waals surface area (Å²) >= 11 is 5.74. The van der Waals surface area contributed by atoms with Gasteiger partial charge in [0.1, 0.15) is 5.38 Å². The molecule has 0 aromatic rings. The fourth-order valence-electron chi connectivity index (χ4n) is 1.04. The monoisotopic (exact) mass is 203 g/mol. The summed E-state index contributed by atoms with van der Waals surface area (Å²) in [7, 11) is 0. The van der Waals surface area contributed by atoms with Crippen LogP contribution in [0.15, 0.2) is 12.7 Å². The summed E-state index contributed by atoms with van der Waals surface area (Å²) in [6.07, 6.45) is 1.71. The summed E-state index contributed by atoms with van der Waals surface area (Å²) < 4.78 is 0. The number of carbonyl (C=O) groups is 1. The SMILES string of the molecule is C=CCN(C(=O)C(C)Cl)C(C)(C)C. The van der Waals surface area contributed by atoms with Gasteiger partial charge in [-0.15, -0.1) is 18.2 Å². The third-order valence-corrected chi connectivity index (χ3v) is 1.91. The summed E-state index contributed by atoms with van der Waals surface area (Å²) in [5.74, 6) is -0.0472. The van der Waals surface area contributed by atoms with Gasteiger partial charge >= 0.3 is 0 Å². The van der Waals surface area contributed by atoms with Gasteiger partial charge in [-0.2, -0.15) is 0 Å². The van der Waals surface area contributed by atoms with E-state index in [4.69, 9.17) is 11.6 Å². The van der Waals surface area contributed by atoms with Gasteiger partial charge in [-0.1, -0.05) is 6.08 Å². The van der Waals surface area contributed by atoms with Gasteiger partial charge in [0.25, 0.3) is 0 Å². The Hall–Kier alpha value is -0.500. The van der Waals surface area contributed by atoms with Crippen molar-refractivity contribution in [1.82, 2.24) is 4.90 Å². The van der Waals surface area contributed by atoms with Crippen LogP contribution in [0.5, 0.6) is 0 Å². The first kappa shape index (κ1) is 12.5. The van der Waals surface area contributed by atoms with Crippen molar-refractivity contribution in [1.29, 1.82) is 0 Å². The molecule has 0 N–H and O–H groups in total. The largest absolute Gasteiger partial charge is 0.333 e. The van der Waals surface area contributed by atoms with Crippen molar-refractivity contribution >= 4 is 17.5 Å². The van der Waals surface area contributed by atoms with E-state index >= 15 is 0 Å². The van der Waals surface area contributed by atoms with Crippen LogP contribution in [0, 0.1) is 0 Å². The highest BCUT2D eigenvalue weighted by Crippen LogP contribution is 2.16. The minimum Gasteiger partial charge on any atom is -0.333 e. The fourth-order valence-corrected chi connectivity index (χ4v) is 1.16. The Labute approximate surface area is 85.6 Å². The maximum Gasteiger partial charge on any atom is 0.241 e. The number of rotatable bonds is 3. The molecule has 0 fully saturated rings. The normalized spacial score (nSPS) is 13.6. The molecule has 1 unspecified atom stereocenters. The van der Waals surface area contributed by atoms with E-state index in [9.17, 15) is 4.79 Å². The average Bonchev–Trinajstić information content (AvgIpc) is 1.96. The van der Waals surface area contributed by atoms with Crippen LogP contribution >= 0.6 is 11.6 Å². The van der Waals surface area contributed by atoms with E-state index in [-0.39, 0.29) is 11.4 Å². The number of nitrogens with zero attached hydrogens (tertiary/aromatic N) is 1. The second-order valence-corrected chi connectivity index (χ2v) is 4.68. The lowest BCUT2D eigenvalue weighted by atomic mass is 10.1. The standard InChI is InChI=1S/C10H18ClNO/c1-6-7-12(10(3,4)5)9(13)8(2)11/h6,8H,1,7H2,2-5H3.